The van der Waals surface area contributed by atoms with Crippen molar-refractivity contribution in [2.45, 2.75) is 20.4 Å². The molecule has 4 rings (SSSR count). The van der Waals surface area contributed by atoms with Crippen LogP contribution in [0.4, 0.5) is 11.5 Å². The zero-order chi connectivity index (χ0) is 18.6. The average molecular weight is 356 g/mol. The van der Waals surface area contributed by atoms with E-state index in [0.717, 1.165) is 35.0 Å². The van der Waals surface area contributed by atoms with Gasteiger partial charge in [0.15, 0.2) is 5.82 Å². The molecule has 1 aromatic carbocycles. The molecule has 0 fully saturated rings. The standard InChI is InChI=1S/C21H20N6/c1-15-16(2)24-21(19-10-6-7-11-22-19)26-20(15)25-18-12-23-27(14-18)13-17-8-4-3-5-9-17/h3-12,14H,13H2,1-2H3,(H,24,25,26). The minimum absolute atomic E-state index is 0.609. The minimum Gasteiger partial charge on any atom is -0.337 e. The third kappa shape index (κ3) is 3.84. The van der Waals surface area contributed by atoms with Crippen LogP contribution in [0.25, 0.3) is 11.5 Å². The molecule has 27 heavy (non-hydrogen) atoms. The predicted molar refractivity (Wildman–Crippen MR) is 106 cm³/mol. The molecular weight excluding hydrogens is 336 g/mol. The molecular formula is C21H20N6. The lowest BCUT2D eigenvalue weighted by atomic mass is 10.2. The molecule has 0 unspecified atom stereocenters. The highest BCUT2D eigenvalue weighted by molar-refractivity contribution is 5.62. The topological polar surface area (TPSA) is 68.5 Å². The lowest BCUT2D eigenvalue weighted by Crippen LogP contribution is -2.03. The summed E-state index contributed by atoms with van der Waals surface area (Å²) in [7, 11) is 0. The molecule has 3 aromatic heterocycles. The van der Waals surface area contributed by atoms with E-state index in [4.69, 9.17) is 0 Å². The van der Waals surface area contributed by atoms with Gasteiger partial charge >= 0.3 is 0 Å². The van der Waals surface area contributed by atoms with Crippen molar-refractivity contribution in [1.82, 2.24) is 24.7 Å². The van der Waals surface area contributed by atoms with Gasteiger partial charge in [0.05, 0.1) is 18.4 Å². The maximum absolute atomic E-state index is 4.67. The first-order chi connectivity index (χ1) is 13.2. The molecule has 0 aliphatic rings. The van der Waals surface area contributed by atoms with E-state index < -0.39 is 0 Å². The second-order valence-electron chi connectivity index (χ2n) is 6.36. The van der Waals surface area contributed by atoms with Crippen molar-refractivity contribution in [3.8, 4) is 11.5 Å². The molecule has 4 aromatic rings. The van der Waals surface area contributed by atoms with Crippen LogP contribution in [-0.4, -0.2) is 24.7 Å². The first kappa shape index (κ1) is 16.9. The highest BCUT2D eigenvalue weighted by Crippen LogP contribution is 2.23. The zero-order valence-electron chi connectivity index (χ0n) is 15.3. The van der Waals surface area contributed by atoms with Crippen LogP contribution >= 0.6 is 0 Å². The average Bonchev–Trinajstić information content (AvgIpc) is 3.13. The van der Waals surface area contributed by atoms with Gasteiger partial charge in [-0.15, -0.1) is 0 Å². The molecule has 1 N–H and O–H groups in total. The molecule has 0 aliphatic heterocycles. The Bertz CT molecular complexity index is 1040. The fraction of sp³-hybridized carbons (Fsp3) is 0.143. The lowest BCUT2D eigenvalue weighted by molar-refractivity contribution is 0.687. The molecule has 0 bridgehead atoms. The van der Waals surface area contributed by atoms with Crippen molar-refractivity contribution < 1.29 is 0 Å². The van der Waals surface area contributed by atoms with Crippen LogP contribution < -0.4 is 5.32 Å². The quantitative estimate of drug-likeness (QED) is 0.582. The molecule has 0 atom stereocenters. The number of pyridine rings is 1. The predicted octanol–water partition coefficient (Wildman–Crippen LogP) is 4.14. The van der Waals surface area contributed by atoms with E-state index >= 15 is 0 Å². The van der Waals surface area contributed by atoms with Crippen LogP contribution in [0, 0.1) is 13.8 Å². The second kappa shape index (κ2) is 7.37. The maximum atomic E-state index is 4.67. The Morgan fingerprint density at radius 2 is 1.78 bits per heavy atom. The molecule has 6 nitrogen and oxygen atoms in total. The molecule has 3 heterocycles. The summed E-state index contributed by atoms with van der Waals surface area (Å²) in [5, 5.41) is 7.81. The first-order valence-corrected chi connectivity index (χ1v) is 8.79. The van der Waals surface area contributed by atoms with Gasteiger partial charge in [-0.1, -0.05) is 36.4 Å². The number of aromatic nitrogens is 5. The summed E-state index contributed by atoms with van der Waals surface area (Å²) in [5.74, 6) is 1.38. The van der Waals surface area contributed by atoms with Crippen LogP contribution in [0.3, 0.4) is 0 Å². The fourth-order valence-corrected chi connectivity index (χ4v) is 2.78. The number of nitrogens with one attached hydrogen (secondary N) is 1. The van der Waals surface area contributed by atoms with E-state index in [1.807, 2.05) is 61.1 Å². The van der Waals surface area contributed by atoms with Gasteiger partial charge in [-0.05, 0) is 31.5 Å². The summed E-state index contributed by atoms with van der Waals surface area (Å²) in [6.07, 6.45) is 5.53. The van der Waals surface area contributed by atoms with E-state index in [-0.39, 0.29) is 0 Å². The number of hydrogen-bond donors (Lipinski definition) is 1. The number of aryl methyl sites for hydroxylation is 1. The maximum Gasteiger partial charge on any atom is 0.180 e. The van der Waals surface area contributed by atoms with Crippen LogP contribution in [0.1, 0.15) is 16.8 Å². The molecule has 134 valence electrons. The Kier molecular flexibility index (Phi) is 4.61. The SMILES string of the molecule is Cc1nc(-c2ccccn2)nc(Nc2cnn(Cc3ccccc3)c2)c1C. The van der Waals surface area contributed by atoms with Gasteiger partial charge in [0.1, 0.15) is 11.5 Å². The number of hydrogen-bond acceptors (Lipinski definition) is 5. The Morgan fingerprint density at radius 1 is 0.963 bits per heavy atom. The molecule has 0 radical (unpaired) electrons. The van der Waals surface area contributed by atoms with Crippen molar-refractivity contribution in [3.63, 3.8) is 0 Å². The summed E-state index contributed by atoms with van der Waals surface area (Å²) in [4.78, 5) is 13.6. The fourth-order valence-electron chi connectivity index (χ4n) is 2.78. The van der Waals surface area contributed by atoms with E-state index in [2.05, 4.69) is 37.5 Å². The molecule has 0 spiro atoms. The van der Waals surface area contributed by atoms with Gasteiger partial charge in [-0.25, -0.2) is 9.97 Å². The monoisotopic (exact) mass is 356 g/mol. The van der Waals surface area contributed by atoms with Crippen molar-refractivity contribution >= 4 is 11.5 Å². The van der Waals surface area contributed by atoms with Gasteiger partial charge in [-0.2, -0.15) is 5.10 Å². The summed E-state index contributed by atoms with van der Waals surface area (Å²) in [5.41, 5.74) is 4.77. The summed E-state index contributed by atoms with van der Waals surface area (Å²) >= 11 is 0. The zero-order valence-corrected chi connectivity index (χ0v) is 15.3. The highest BCUT2D eigenvalue weighted by atomic mass is 15.3. The Morgan fingerprint density at radius 3 is 2.56 bits per heavy atom. The number of rotatable bonds is 5. The van der Waals surface area contributed by atoms with Gasteiger partial charge in [0.25, 0.3) is 0 Å². The van der Waals surface area contributed by atoms with Gasteiger partial charge in [-0.3, -0.25) is 9.67 Å². The van der Waals surface area contributed by atoms with Gasteiger partial charge < -0.3 is 5.32 Å². The van der Waals surface area contributed by atoms with Gasteiger partial charge in [0, 0.05) is 23.7 Å². The molecule has 0 aliphatic carbocycles. The molecule has 0 saturated carbocycles. The number of benzene rings is 1. The minimum atomic E-state index is 0.609. The van der Waals surface area contributed by atoms with Crippen molar-refractivity contribution in [3.05, 3.63) is 83.9 Å². The molecule has 0 amide bonds. The lowest BCUT2D eigenvalue weighted by Gasteiger charge is -2.11. The van der Waals surface area contributed by atoms with Gasteiger partial charge in [0.2, 0.25) is 0 Å². The smallest absolute Gasteiger partial charge is 0.180 e. The summed E-state index contributed by atoms with van der Waals surface area (Å²) in [6, 6.07) is 16.0. The van der Waals surface area contributed by atoms with Crippen LogP contribution in [-0.2, 0) is 6.54 Å². The van der Waals surface area contributed by atoms with E-state index in [0.29, 0.717) is 5.82 Å². The highest BCUT2D eigenvalue weighted by Gasteiger charge is 2.11. The molecule has 0 saturated heterocycles. The van der Waals surface area contributed by atoms with E-state index in [1.54, 1.807) is 12.4 Å². The van der Waals surface area contributed by atoms with Crippen molar-refractivity contribution in [2.75, 3.05) is 5.32 Å². The van der Waals surface area contributed by atoms with E-state index in [9.17, 15) is 0 Å². The summed E-state index contributed by atoms with van der Waals surface area (Å²) < 4.78 is 1.90. The third-order valence-electron chi connectivity index (χ3n) is 4.37. The Balaban J connectivity index is 1.58. The number of nitrogens with zero attached hydrogens (tertiary/aromatic N) is 5. The second-order valence-corrected chi connectivity index (χ2v) is 6.36. The van der Waals surface area contributed by atoms with Crippen molar-refractivity contribution in [1.29, 1.82) is 0 Å². The first-order valence-electron chi connectivity index (χ1n) is 8.79. The summed E-state index contributed by atoms with van der Waals surface area (Å²) in [6.45, 7) is 4.71. The normalized spacial score (nSPS) is 10.7. The van der Waals surface area contributed by atoms with Crippen LogP contribution in [0.2, 0.25) is 0 Å². The van der Waals surface area contributed by atoms with Crippen LogP contribution in [0.15, 0.2) is 67.1 Å². The van der Waals surface area contributed by atoms with Crippen molar-refractivity contribution in [2.24, 2.45) is 0 Å². The van der Waals surface area contributed by atoms with Crippen LogP contribution in [0.5, 0.6) is 0 Å². The Labute approximate surface area is 158 Å². The van der Waals surface area contributed by atoms with E-state index in [1.165, 1.54) is 5.56 Å². The third-order valence-corrected chi connectivity index (χ3v) is 4.37. The Hall–Kier alpha value is -3.54. The largest absolute Gasteiger partial charge is 0.337 e. The molecule has 6 heteroatoms. The number of anilines is 2.